The van der Waals surface area contributed by atoms with Gasteiger partial charge in [0.15, 0.2) is 0 Å². The Morgan fingerprint density at radius 2 is 1.96 bits per heavy atom. The molecule has 5 nitrogen and oxygen atoms in total. The van der Waals surface area contributed by atoms with E-state index >= 15 is 0 Å². The molecule has 0 unspecified atom stereocenters. The number of ether oxygens (including phenoxy) is 1. The van der Waals surface area contributed by atoms with Crippen molar-refractivity contribution in [2.45, 2.75) is 6.92 Å². The van der Waals surface area contributed by atoms with E-state index in [1.54, 1.807) is 43.5 Å². The zero-order valence-electron chi connectivity index (χ0n) is 12.8. The van der Waals surface area contributed by atoms with Gasteiger partial charge in [0.25, 0.3) is 5.91 Å². The van der Waals surface area contributed by atoms with Crippen molar-refractivity contribution >= 4 is 22.6 Å². The summed E-state index contributed by atoms with van der Waals surface area (Å²) in [5.74, 6) is 0.0966. The van der Waals surface area contributed by atoms with E-state index in [0.717, 1.165) is 5.56 Å². The van der Waals surface area contributed by atoms with E-state index in [1.165, 1.54) is 0 Å². The third-order valence-electron chi connectivity index (χ3n) is 3.46. The fraction of sp³-hybridized carbons (Fsp3) is 0.111. The van der Waals surface area contributed by atoms with Crippen molar-refractivity contribution in [3.63, 3.8) is 0 Å². The van der Waals surface area contributed by atoms with Crippen molar-refractivity contribution in [1.29, 1.82) is 0 Å². The van der Waals surface area contributed by atoms with Gasteiger partial charge in [-0.05, 0) is 37.3 Å². The van der Waals surface area contributed by atoms with Crippen LogP contribution in [0.1, 0.15) is 15.9 Å². The van der Waals surface area contributed by atoms with Gasteiger partial charge in [0.05, 0.1) is 7.11 Å². The molecule has 0 fully saturated rings. The standard InChI is InChI=1S/C18H15NO4/c1-11-6-7-16-12(8-11)9-15(18(21)23-16)17(20)19-13-4-3-5-14(10-13)22-2/h3-10H,1-2H3,(H,19,20). The van der Waals surface area contributed by atoms with Crippen LogP contribution in [-0.4, -0.2) is 13.0 Å². The number of carbonyl (C=O) groups is 1. The Bertz CT molecular complexity index is 943. The molecule has 3 aromatic rings. The Balaban J connectivity index is 1.96. The lowest BCUT2D eigenvalue weighted by Crippen LogP contribution is -2.20. The first-order valence-electron chi connectivity index (χ1n) is 7.07. The lowest BCUT2D eigenvalue weighted by molar-refractivity contribution is 0.102. The third kappa shape index (κ3) is 3.08. The summed E-state index contributed by atoms with van der Waals surface area (Å²) in [6.45, 7) is 1.93. The number of amides is 1. The molecule has 0 saturated carbocycles. The Kier molecular flexibility index (Phi) is 3.85. The molecule has 116 valence electrons. The second kappa shape index (κ2) is 5.96. The number of benzene rings is 2. The summed E-state index contributed by atoms with van der Waals surface area (Å²) in [7, 11) is 1.54. The van der Waals surface area contributed by atoms with Gasteiger partial charge in [-0.1, -0.05) is 17.7 Å². The molecule has 23 heavy (non-hydrogen) atoms. The molecule has 3 rings (SSSR count). The lowest BCUT2D eigenvalue weighted by Gasteiger charge is -2.07. The summed E-state index contributed by atoms with van der Waals surface area (Å²) >= 11 is 0. The van der Waals surface area contributed by atoms with Crippen LogP contribution in [0.3, 0.4) is 0 Å². The number of anilines is 1. The molecule has 0 aliphatic heterocycles. The molecule has 0 aliphatic carbocycles. The minimum atomic E-state index is -0.665. The van der Waals surface area contributed by atoms with Crippen LogP contribution < -0.4 is 15.7 Å². The van der Waals surface area contributed by atoms with Gasteiger partial charge in [-0.2, -0.15) is 0 Å². The van der Waals surface area contributed by atoms with Crippen LogP contribution in [0.15, 0.2) is 57.7 Å². The zero-order valence-corrected chi connectivity index (χ0v) is 12.8. The number of hydrogen-bond acceptors (Lipinski definition) is 4. The molecule has 1 aromatic heterocycles. The molecule has 1 heterocycles. The van der Waals surface area contributed by atoms with Gasteiger partial charge in [0.1, 0.15) is 16.9 Å². The molecular weight excluding hydrogens is 294 g/mol. The normalized spacial score (nSPS) is 10.5. The molecule has 0 radical (unpaired) electrons. The van der Waals surface area contributed by atoms with Gasteiger partial charge >= 0.3 is 5.63 Å². The number of carbonyl (C=O) groups excluding carboxylic acids is 1. The maximum Gasteiger partial charge on any atom is 0.349 e. The first kappa shape index (κ1) is 14.8. The Labute approximate surface area is 132 Å². The Morgan fingerprint density at radius 3 is 2.74 bits per heavy atom. The SMILES string of the molecule is COc1cccc(NC(=O)c2cc3cc(C)ccc3oc2=O)c1. The molecule has 0 saturated heterocycles. The van der Waals surface area contributed by atoms with E-state index in [0.29, 0.717) is 22.4 Å². The van der Waals surface area contributed by atoms with Crippen LogP contribution in [0.4, 0.5) is 5.69 Å². The molecule has 1 N–H and O–H groups in total. The second-order valence-corrected chi connectivity index (χ2v) is 5.17. The Hall–Kier alpha value is -3.08. The zero-order chi connectivity index (χ0) is 16.4. The number of rotatable bonds is 3. The fourth-order valence-corrected chi connectivity index (χ4v) is 2.30. The van der Waals surface area contributed by atoms with Crippen LogP contribution in [0.5, 0.6) is 5.75 Å². The van der Waals surface area contributed by atoms with Crippen molar-refractivity contribution < 1.29 is 13.9 Å². The van der Waals surface area contributed by atoms with Crippen molar-refractivity contribution in [3.8, 4) is 5.75 Å². The molecule has 0 aliphatic rings. The van der Waals surface area contributed by atoms with E-state index in [-0.39, 0.29) is 5.56 Å². The number of hydrogen-bond donors (Lipinski definition) is 1. The van der Waals surface area contributed by atoms with E-state index < -0.39 is 11.5 Å². The first-order chi connectivity index (χ1) is 11.1. The quantitative estimate of drug-likeness (QED) is 0.753. The molecular formula is C18H15NO4. The lowest BCUT2D eigenvalue weighted by atomic mass is 10.1. The molecule has 0 atom stereocenters. The largest absolute Gasteiger partial charge is 0.497 e. The van der Waals surface area contributed by atoms with Crippen LogP contribution in [0.25, 0.3) is 11.0 Å². The van der Waals surface area contributed by atoms with Gasteiger partial charge in [-0.3, -0.25) is 4.79 Å². The predicted octanol–water partition coefficient (Wildman–Crippen LogP) is 3.36. The summed E-state index contributed by atoms with van der Waals surface area (Å²) in [6.07, 6.45) is 0. The molecule has 0 spiro atoms. The summed E-state index contributed by atoms with van der Waals surface area (Å²) in [6, 6.07) is 13.9. The van der Waals surface area contributed by atoms with Gasteiger partial charge in [-0.15, -0.1) is 0 Å². The van der Waals surface area contributed by atoms with E-state index in [2.05, 4.69) is 5.32 Å². The van der Waals surface area contributed by atoms with Crippen molar-refractivity contribution in [2.75, 3.05) is 12.4 Å². The molecule has 1 amide bonds. The monoisotopic (exact) mass is 309 g/mol. The van der Waals surface area contributed by atoms with E-state index in [1.807, 2.05) is 19.1 Å². The van der Waals surface area contributed by atoms with E-state index in [9.17, 15) is 9.59 Å². The molecule has 2 aromatic carbocycles. The first-order valence-corrected chi connectivity index (χ1v) is 7.07. The summed E-state index contributed by atoms with van der Waals surface area (Å²) in [5.41, 5.74) is 1.31. The van der Waals surface area contributed by atoms with E-state index in [4.69, 9.17) is 9.15 Å². The summed E-state index contributed by atoms with van der Waals surface area (Å²) in [5, 5.41) is 3.38. The highest BCUT2D eigenvalue weighted by molar-refractivity contribution is 6.05. The van der Waals surface area contributed by atoms with Gasteiger partial charge < -0.3 is 14.5 Å². The number of methoxy groups -OCH3 is 1. The van der Waals surface area contributed by atoms with Crippen molar-refractivity contribution in [2.24, 2.45) is 0 Å². The Morgan fingerprint density at radius 1 is 1.13 bits per heavy atom. The van der Waals surface area contributed by atoms with Crippen LogP contribution in [0.2, 0.25) is 0 Å². The molecule has 0 bridgehead atoms. The summed E-state index contributed by atoms with van der Waals surface area (Å²) in [4.78, 5) is 24.4. The van der Waals surface area contributed by atoms with Gasteiger partial charge in [-0.25, -0.2) is 4.79 Å². The topological polar surface area (TPSA) is 68.5 Å². The van der Waals surface area contributed by atoms with Crippen LogP contribution in [0, 0.1) is 6.92 Å². The maximum atomic E-state index is 12.4. The van der Waals surface area contributed by atoms with Gasteiger partial charge in [0.2, 0.25) is 0 Å². The maximum absolute atomic E-state index is 12.4. The molecule has 5 heteroatoms. The predicted molar refractivity (Wildman–Crippen MR) is 88.2 cm³/mol. The highest BCUT2D eigenvalue weighted by atomic mass is 16.5. The minimum Gasteiger partial charge on any atom is -0.497 e. The van der Waals surface area contributed by atoms with Gasteiger partial charge in [0, 0.05) is 17.1 Å². The van der Waals surface area contributed by atoms with Crippen molar-refractivity contribution in [3.05, 3.63) is 70.1 Å². The second-order valence-electron chi connectivity index (χ2n) is 5.17. The minimum absolute atomic E-state index is 0.0362. The highest BCUT2D eigenvalue weighted by Crippen LogP contribution is 2.19. The number of fused-ring (bicyclic) bond motifs is 1. The average molecular weight is 309 g/mol. The fourth-order valence-electron chi connectivity index (χ4n) is 2.30. The van der Waals surface area contributed by atoms with Crippen LogP contribution >= 0.6 is 0 Å². The average Bonchev–Trinajstić information content (AvgIpc) is 2.54. The highest BCUT2D eigenvalue weighted by Gasteiger charge is 2.14. The smallest absolute Gasteiger partial charge is 0.349 e. The summed E-state index contributed by atoms with van der Waals surface area (Å²) < 4.78 is 10.3. The third-order valence-corrected chi connectivity index (χ3v) is 3.46. The van der Waals surface area contributed by atoms with Crippen LogP contribution in [-0.2, 0) is 0 Å². The number of nitrogens with one attached hydrogen (secondary N) is 1. The van der Waals surface area contributed by atoms with Crippen molar-refractivity contribution in [1.82, 2.24) is 0 Å². The number of aryl methyl sites for hydroxylation is 1.